The van der Waals surface area contributed by atoms with Crippen molar-refractivity contribution in [2.24, 2.45) is 0 Å². The van der Waals surface area contributed by atoms with E-state index in [1.807, 2.05) is 0 Å². The monoisotopic (exact) mass is 420 g/mol. The summed E-state index contributed by atoms with van der Waals surface area (Å²) in [4.78, 5) is 0. The van der Waals surface area contributed by atoms with E-state index < -0.39 is 0 Å². The highest BCUT2D eigenvalue weighted by molar-refractivity contribution is 5.85. The van der Waals surface area contributed by atoms with Gasteiger partial charge in [-0.15, -0.1) is 0 Å². The van der Waals surface area contributed by atoms with Crippen molar-refractivity contribution in [3.05, 3.63) is 143 Å². The van der Waals surface area contributed by atoms with Crippen LogP contribution in [-0.2, 0) is 19.3 Å². The molecule has 0 saturated carbocycles. The Balaban J connectivity index is 1.20. The first-order chi connectivity index (χ1) is 16.3. The topological polar surface area (TPSA) is 0 Å². The summed E-state index contributed by atoms with van der Waals surface area (Å²) in [6.07, 6.45) is 3.06. The Morgan fingerprint density at radius 3 is 1.70 bits per heavy atom. The summed E-state index contributed by atoms with van der Waals surface area (Å²) in [7, 11) is 0. The maximum Gasteiger partial charge on any atom is -0.000729 e. The molecule has 0 amide bonds. The van der Waals surface area contributed by atoms with Gasteiger partial charge in [0.15, 0.2) is 0 Å². The van der Waals surface area contributed by atoms with E-state index in [1.165, 1.54) is 66.8 Å². The number of fused-ring (bicyclic) bond motifs is 6. The number of hydrogen-bond donors (Lipinski definition) is 0. The van der Waals surface area contributed by atoms with Gasteiger partial charge in [0.1, 0.15) is 0 Å². The molecule has 5 aromatic carbocycles. The van der Waals surface area contributed by atoms with Crippen molar-refractivity contribution in [1.29, 1.82) is 0 Å². The van der Waals surface area contributed by atoms with Gasteiger partial charge in [-0.2, -0.15) is 0 Å². The Kier molecular flexibility index (Phi) is 4.14. The van der Waals surface area contributed by atoms with E-state index in [1.54, 1.807) is 0 Å². The molecular formula is C33H24. The van der Waals surface area contributed by atoms with Crippen molar-refractivity contribution in [3.8, 4) is 33.4 Å². The highest BCUT2D eigenvalue weighted by Crippen LogP contribution is 2.42. The van der Waals surface area contributed by atoms with Gasteiger partial charge in [0.2, 0.25) is 0 Å². The summed E-state index contributed by atoms with van der Waals surface area (Å²) in [6, 6.07) is 40.5. The number of hydrogen-bond acceptors (Lipinski definition) is 0. The maximum absolute atomic E-state index is 2.32. The molecule has 33 heavy (non-hydrogen) atoms. The molecule has 2 aliphatic rings. The molecule has 0 radical (unpaired) electrons. The van der Waals surface area contributed by atoms with Crippen LogP contribution < -0.4 is 0 Å². The van der Waals surface area contributed by atoms with E-state index in [4.69, 9.17) is 0 Å². The van der Waals surface area contributed by atoms with Crippen molar-refractivity contribution in [1.82, 2.24) is 0 Å². The summed E-state index contributed by atoms with van der Waals surface area (Å²) >= 11 is 0. The van der Waals surface area contributed by atoms with Gasteiger partial charge >= 0.3 is 0 Å². The second kappa shape index (κ2) is 7.32. The standard InChI is InChI=1S/C33H24/c1-3-10-28-25(7-1)20-32-24(9-5-13-30(28)32)19-22-15-17-23(18-16-22)27-12-6-14-31-29-11-4-2-8-26(29)21-33(27)31/h1-18H,19-21H2. The normalized spacial score (nSPS) is 12.7. The minimum atomic E-state index is 0.982. The molecule has 0 bridgehead atoms. The second-order valence-corrected chi connectivity index (χ2v) is 9.32. The van der Waals surface area contributed by atoms with Crippen molar-refractivity contribution in [3.63, 3.8) is 0 Å². The summed E-state index contributed by atoms with van der Waals surface area (Å²) in [6.45, 7) is 0. The Morgan fingerprint density at radius 1 is 0.424 bits per heavy atom. The second-order valence-electron chi connectivity index (χ2n) is 9.32. The van der Waals surface area contributed by atoms with Crippen LogP contribution in [0.5, 0.6) is 0 Å². The van der Waals surface area contributed by atoms with Crippen LogP contribution in [0, 0.1) is 0 Å². The van der Waals surface area contributed by atoms with Crippen LogP contribution >= 0.6 is 0 Å². The summed E-state index contributed by atoms with van der Waals surface area (Å²) < 4.78 is 0. The molecule has 7 rings (SSSR count). The first-order valence-corrected chi connectivity index (χ1v) is 11.8. The SMILES string of the molecule is c1ccc2c(c1)Cc1c(Cc3ccc(-c4cccc5c4Cc4ccccc4-5)cc3)cccc1-2. The van der Waals surface area contributed by atoms with Crippen LogP contribution in [0.15, 0.2) is 109 Å². The predicted octanol–water partition coefficient (Wildman–Crippen LogP) is 8.09. The van der Waals surface area contributed by atoms with Crippen LogP contribution in [-0.4, -0.2) is 0 Å². The minimum absolute atomic E-state index is 0.982. The van der Waals surface area contributed by atoms with Gasteiger partial charge in [-0.05, 0) is 86.0 Å². The summed E-state index contributed by atoms with van der Waals surface area (Å²) in [5.74, 6) is 0. The summed E-state index contributed by atoms with van der Waals surface area (Å²) in [5, 5.41) is 0. The van der Waals surface area contributed by atoms with Gasteiger partial charge in [-0.25, -0.2) is 0 Å². The first-order valence-electron chi connectivity index (χ1n) is 11.8. The largest absolute Gasteiger partial charge is 0.0619 e. The third-order valence-corrected chi connectivity index (χ3v) is 7.46. The van der Waals surface area contributed by atoms with E-state index in [0.29, 0.717) is 0 Å². The molecule has 0 heterocycles. The molecule has 0 fully saturated rings. The average Bonchev–Trinajstić information content (AvgIpc) is 3.44. The molecule has 0 aromatic heterocycles. The van der Waals surface area contributed by atoms with Gasteiger partial charge in [0.05, 0.1) is 0 Å². The molecule has 2 aliphatic carbocycles. The first kappa shape index (κ1) is 18.7. The lowest BCUT2D eigenvalue weighted by Crippen LogP contribution is -1.95. The zero-order valence-electron chi connectivity index (χ0n) is 18.5. The highest BCUT2D eigenvalue weighted by Gasteiger charge is 2.22. The lowest BCUT2D eigenvalue weighted by Gasteiger charge is -2.12. The van der Waals surface area contributed by atoms with E-state index >= 15 is 0 Å². The van der Waals surface area contributed by atoms with Crippen molar-refractivity contribution in [2.45, 2.75) is 19.3 Å². The van der Waals surface area contributed by atoms with Crippen LogP contribution in [0.25, 0.3) is 33.4 Å². The minimum Gasteiger partial charge on any atom is -0.0619 e. The third-order valence-electron chi connectivity index (χ3n) is 7.46. The van der Waals surface area contributed by atoms with Crippen molar-refractivity contribution in [2.75, 3.05) is 0 Å². The molecule has 0 aliphatic heterocycles. The zero-order chi connectivity index (χ0) is 21.8. The molecule has 0 nitrogen and oxygen atoms in total. The molecule has 0 heteroatoms. The number of rotatable bonds is 3. The van der Waals surface area contributed by atoms with Gasteiger partial charge in [0, 0.05) is 0 Å². The molecule has 0 unspecified atom stereocenters. The van der Waals surface area contributed by atoms with Crippen LogP contribution in [0.2, 0.25) is 0 Å². The van der Waals surface area contributed by atoms with Gasteiger partial charge in [-0.3, -0.25) is 0 Å². The lowest BCUT2D eigenvalue weighted by atomic mass is 9.93. The third kappa shape index (κ3) is 2.98. The van der Waals surface area contributed by atoms with Crippen molar-refractivity contribution < 1.29 is 0 Å². The molecule has 0 spiro atoms. The molecular weight excluding hydrogens is 396 g/mol. The predicted molar refractivity (Wildman–Crippen MR) is 138 cm³/mol. The maximum atomic E-state index is 2.32. The summed E-state index contributed by atoms with van der Waals surface area (Å²) in [5.41, 5.74) is 17.0. The van der Waals surface area contributed by atoms with Gasteiger partial charge in [0.25, 0.3) is 0 Å². The van der Waals surface area contributed by atoms with E-state index in [-0.39, 0.29) is 0 Å². The van der Waals surface area contributed by atoms with E-state index in [2.05, 4.69) is 109 Å². The highest BCUT2D eigenvalue weighted by atomic mass is 14.3. The van der Waals surface area contributed by atoms with Crippen LogP contribution in [0.3, 0.4) is 0 Å². The van der Waals surface area contributed by atoms with E-state index in [0.717, 1.165) is 19.3 Å². The quantitative estimate of drug-likeness (QED) is 0.271. The zero-order valence-corrected chi connectivity index (χ0v) is 18.5. The molecule has 0 saturated heterocycles. The smallest absolute Gasteiger partial charge is 0.000729 e. The fraction of sp³-hybridized carbons (Fsp3) is 0.0909. The van der Waals surface area contributed by atoms with Crippen LogP contribution in [0.4, 0.5) is 0 Å². The Labute approximate surface area is 195 Å². The molecule has 156 valence electrons. The van der Waals surface area contributed by atoms with Gasteiger partial charge < -0.3 is 0 Å². The fourth-order valence-electron chi connectivity index (χ4n) is 5.84. The Hall–Kier alpha value is -3.90. The molecule has 0 N–H and O–H groups in total. The molecule has 5 aromatic rings. The van der Waals surface area contributed by atoms with Gasteiger partial charge in [-0.1, -0.05) is 109 Å². The van der Waals surface area contributed by atoms with Crippen molar-refractivity contribution >= 4 is 0 Å². The van der Waals surface area contributed by atoms with Crippen LogP contribution in [0.1, 0.15) is 33.4 Å². The van der Waals surface area contributed by atoms with E-state index in [9.17, 15) is 0 Å². The lowest BCUT2D eigenvalue weighted by molar-refractivity contribution is 1.12. The number of benzene rings is 5. The molecule has 0 atom stereocenters. The average molecular weight is 421 g/mol. The fourth-order valence-corrected chi connectivity index (χ4v) is 5.84. The Morgan fingerprint density at radius 2 is 0.970 bits per heavy atom. The Bertz CT molecular complexity index is 1520.